The molecule has 2 heterocycles. The van der Waals surface area contributed by atoms with Gasteiger partial charge in [-0.2, -0.15) is 0 Å². The van der Waals surface area contributed by atoms with Crippen LogP contribution in [-0.2, 0) is 16.1 Å². The van der Waals surface area contributed by atoms with E-state index in [1.807, 2.05) is 30.3 Å². The first-order valence-electron chi connectivity index (χ1n) is 7.91. The molecule has 24 heavy (non-hydrogen) atoms. The lowest BCUT2D eigenvalue weighted by Crippen LogP contribution is -2.55. The SMILES string of the molecule is Cc1cc(NC(=O)C[C@H]2NCCN(Cc3ccccc3)C2=O)no1. The summed E-state index contributed by atoms with van der Waals surface area (Å²) in [5, 5.41) is 9.47. The molecule has 0 unspecified atom stereocenters. The van der Waals surface area contributed by atoms with Gasteiger partial charge in [-0.1, -0.05) is 35.5 Å². The number of carbonyl (C=O) groups excluding carboxylic acids is 2. The van der Waals surface area contributed by atoms with Crippen LogP contribution in [0.5, 0.6) is 0 Å². The third-order valence-corrected chi connectivity index (χ3v) is 3.88. The molecule has 0 saturated carbocycles. The molecule has 1 saturated heterocycles. The lowest BCUT2D eigenvalue weighted by Gasteiger charge is -2.33. The molecule has 1 atom stereocenters. The predicted molar refractivity (Wildman–Crippen MR) is 88.1 cm³/mol. The molecule has 2 aromatic rings. The van der Waals surface area contributed by atoms with E-state index in [1.54, 1.807) is 17.9 Å². The second kappa shape index (κ2) is 7.27. The molecular weight excluding hydrogens is 308 g/mol. The standard InChI is InChI=1S/C17H20N4O3/c1-12-9-15(20-24-12)19-16(22)10-14-17(23)21(8-7-18-14)11-13-5-3-2-4-6-13/h2-6,9,14,18H,7-8,10-11H2,1H3,(H,19,20,22)/t14-/m1/s1. The van der Waals surface area contributed by atoms with E-state index in [0.29, 0.717) is 31.2 Å². The number of benzene rings is 1. The molecule has 1 aromatic carbocycles. The van der Waals surface area contributed by atoms with Gasteiger partial charge in [0.05, 0.1) is 12.5 Å². The lowest BCUT2D eigenvalue weighted by atomic mass is 10.1. The first kappa shape index (κ1) is 16.2. The number of hydrogen-bond donors (Lipinski definition) is 2. The normalized spacial score (nSPS) is 17.8. The second-order valence-electron chi connectivity index (χ2n) is 5.83. The summed E-state index contributed by atoms with van der Waals surface area (Å²) in [7, 11) is 0. The van der Waals surface area contributed by atoms with Crippen LogP contribution < -0.4 is 10.6 Å². The number of carbonyl (C=O) groups is 2. The molecule has 0 aliphatic carbocycles. The summed E-state index contributed by atoms with van der Waals surface area (Å²) >= 11 is 0. The molecule has 2 N–H and O–H groups in total. The molecule has 0 radical (unpaired) electrons. The molecule has 1 aromatic heterocycles. The van der Waals surface area contributed by atoms with Gasteiger partial charge in [0, 0.05) is 25.7 Å². The number of anilines is 1. The molecule has 1 aliphatic heterocycles. The zero-order valence-corrected chi connectivity index (χ0v) is 13.5. The van der Waals surface area contributed by atoms with Crippen molar-refractivity contribution >= 4 is 17.6 Å². The first-order chi connectivity index (χ1) is 11.6. The van der Waals surface area contributed by atoms with Crippen molar-refractivity contribution in [3.8, 4) is 0 Å². The quantitative estimate of drug-likeness (QED) is 0.864. The van der Waals surface area contributed by atoms with E-state index < -0.39 is 6.04 Å². The Hall–Kier alpha value is -2.67. The van der Waals surface area contributed by atoms with Crippen molar-refractivity contribution in [3.05, 3.63) is 47.7 Å². The molecule has 3 rings (SSSR count). The minimum Gasteiger partial charge on any atom is -0.360 e. The first-order valence-corrected chi connectivity index (χ1v) is 7.91. The van der Waals surface area contributed by atoms with Gasteiger partial charge in [0.15, 0.2) is 5.82 Å². The minimum absolute atomic E-state index is 0.0587. The van der Waals surface area contributed by atoms with E-state index in [0.717, 1.165) is 5.56 Å². The second-order valence-corrected chi connectivity index (χ2v) is 5.83. The molecule has 0 spiro atoms. The van der Waals surface area contributed by atoms with E-state index >= 15 is 0 Å². The van der Waals surface area contributed by atoms with Crippen LogP contribution in [0.3, 0.4) is 0 Å². The van der Waals surface area contributed by atoms with Gasteiger partial charge >= 0.3 is 0 Å². The molecule has 2 amide bonds. The molecule has 126 valence electrons. The smallest absolute Gasteiger partial charge is 0.240 e. The summed E-state index contributed by atoms with van der Waals surface area (Å²) < 4.78 is 4.90. The minimum atomic E-state index is -0.518. The Labute approximate surface area is 140 Å². The van der Waals surface area contributed by atoms with Crippen molar-refractivity contribution in [3.63, 3.8) is 0 Å². The predicted octanol–water partition coefficient (Wildman–Crippen LogP) is 1.31. The maximum atomic E-state index is 12.6. The van der Waals surface area contributed by atoms with Crippen LogP contribution >= 0.6 is 0 Å². The topological polar surface area (TPSA) is 87.5 Å². The zero-order chi connectivity index (χ0) is 16.9. The average molecular weight is 328 g/mol. The van der Waals surface area contributed by atoms with Gasteiger partial charge in [-0.3, -0.25) is 9.59 Å². The number of hydrogen-bond acceptors (Lipinski definition) is 5. The molecule has 1 aliphatic rings. The zero-order valence-electron chi connectivity index (χ0n) is 13.5. The Morgan fingerprint density at radius 3 is 2.92 bits per heavy atom. The Morgan fingerprint density at radius 1 is 1.42 bits per heavy atom. The lowest BCUT2D eigenvalue weighted by molar-refractivity contribution is -0.138. The maximum Gasteiger partial charge on any atom is 0.240 e. The van der Waals surface area contributed by atoms with Gasteiger partial charge in [0.25, 0.3) is 0 Å². The summed E-state index contributed by atoms with van der Waals surface area (Å²) in [4.78, 5) is 26.4. The Bertz CT molecular complexity index is 714. The van der Waals surface area contributed by atoms with Crippen molar-refractivity contribution in [1.82, 2.24) is 15.4 Å². The van der Waals surface area contributed by atoms with Crippen LogP contribution in [0, 0.1) is 6.92 Å². The van der Waals surface area contributed by atoms with Crippen LogP contribution in [0.25, 0.3) is 0 Å². The van der Waals surface area contributed by atoms with Crippen LogP contribution in [0.1, 0.15) is 17.7 Å². The summed E-state index contributed by atoms with van der Waals surface area (Å²) in [6.07, 6.45) is 0.0655. The molecular formula is C17H20N4O3. The number of aromatic nitrogens is 1. The van der Waals surface area contributed by atoms with Gasteiger partial charge in [-0.25, -0.2) is 0 Å². The Kier molecular flexibility index (Phi) is 4.90. The van der Waals surface area contributed by atoms with E-state index in [2.05, 4.69) is 15.8 Å². The van der Waals surface area contributed by atoms with Crippen molar-refractivity contribution < 1.29 is 14.1 Å². The molecule has 1 fully saturated rings. The number of nitrogens with one attached hydrogen (secondary N) is 2. The number of piperazine rings is 1. The van der Waals surface area contributed by atoms with Crippen molar-refractivity contribution in [2.45, 2.75) is 25.9 Å². The van der Waals surface area contributed by atoms with E-state index in [-0.39, 0.29) is 18.2 Å². The third-order valence-electron chi connectivity index (χ3n) is 3.88. The number of nitrogens with zero attached hydrogens (tertiary/aromatic N) is 2. The van der Waals surface area contributed by atoms with Crippen LogP contribution in [0.15, 0.2) is 40.9 Å². The highest BCUT2D eigenvalue weighted by atomic mass is 16.5. The molecule has 7 heteroatoms. The van der Waals surface area contributed by atoms with Crippen molar-refractivity contribution in [2.24, 2.45) is 0 Å². The van der Waals surface area contributed by atoms with Crippen LogP contribution in [0.4, 0.5) is 5.82 Å². The fourth-order valence-corrected chi connectivity index (χ4v) is 2.72. The molecule has 7 nitrogen and oxygen atoms in total. The Morgan fingerprint density at radius 2 is 2.21 bits per heavy atom. The van der Waals surface area contributed by atoms with Gasteiger partial charge in [0.2, 0.25) is 11.8 Å². The highest BCUT2D eigenvalue weighted by Crippen LogP contribution is 2.12. The summed E-state index contributed by atoms with van der Waals surface area (Å²) in [6, 6.07) is 10.9. The van der Waals surface area contributed by atoms with Crippen molar-refractivity contribution in [2.75, 3.05) is 18.4 Å². The van der Waals surface area contributed by atoms with Crippen molar-refractivity contribution in [1.29, 1.82) is 0 Å². The van der Waals surface area contributed by atoms with Gasteiger partial charge in [0.1, 0.15) is 5.76 Å². The number of amides is 2. The third kappa shape index (κ3) is 3.99. The average Bonchev–Trinajstić information content (AvgIpc) is 2.97. The fraction of sp³-hybridized carbons (Fsp3) is 0.353. The maximum absolute atomic E-state index is 12.6. The number of rotatable bonds is 5. The van der Waals surface area contributed by atoms with Crippen LogP contribution in [-0.4, -0.2) is 41.0 Å². The highest BCUT2D eigenvalue weighted by molar-refractivity contribution is 5.95. The summed E-state index contributed by atoms with van der Waals surface area (Å²) in [5.74, 6) is 0.653. The summed E-state index contributed by atoms with van der Waals surface area (Å²) in [6.45, 7) is 3.60. The summed E-state index contributed by atoms with van der Waals surface area (Å²) in [5.41, 5.74) is 1.08. The van der Waals surface area contributed by atoms with Gasteiger partial charge in [-0.05, 0) is 12.5 Å². The van der Waals surface area contributed by atoms with E-state index in [4.69, 9.17) is 4.52 Å². The highest BCUT2D eigenvalue weighted by Gasteiger charge is 2.30. The fourth-order valence-electron chi connectivity index (χ4n) is 2.72. The Balaban J connectivity index is 1.57. The van der Waals surface area contributed by atoms with E-state index in [1.165, 1.54) is 0 Å². The monoisotopic (exact) mass is 328 g/mol. The number of aryl methyl sites for hydroxylation is 1. The van der Waals surface area contributed by atoms with Crippen LogP contribution in [0.2, 0.25) is 0 Å². The largest absolute Gasteiger partial charge is 0.360 e. The van der Waals surface area contributed by atoms with Gasteiger partial charge in [-0.15, -0.1) is 0 Å². The van der Waals surface area contributed by atoms with E-state index in [9.17, 15) is 9.59 Å². The molecule has 0 bridgehead atoms. The van der Waals surface area contributed by atoms with Gasteiger partial charge < -0.3 is 20.1 Å².